The first kappa shape index (κ1) is 8.82. The number of benzene rings is 1. The Labute approximate surface area is 86.3 Å². The average Bonchev–Trinajstić information content (AvgIpc) is 2.55. The summed E-state index contributed by atoms with van der Waals surface area (Å²) >= 11 is 3.63. The zero-order valence-electron chi connectivity index (χ0n) is 7.82. The van der Waals surface area contributed by atoms with Crippen LogP contribution in [-0.4, -0.2) is 4.98 Å². The van der Waals surface area contributed by atoms with Crippen LogP contribution in [0.4, 0.5) is 0 Å². The van der Waals surface area contributed by atoms with Crippen molar-refractivity contribution in [3.8, 4) is 0 Å². The summed E-state index contributed by atoms with van der Waals surface area (Å²) < 4.78 is 1.23. The lowest BCUT2D eigenvalue weighted by molar-refractivity contribution is 1.15. The Morgan fingerprint density at radius 1 is 1.38 bits per heavy atom. The molecule has 1 aromatic carbocycles. The highest BCUT2D eigenvalue weighted by atomic mass is 79.9. The predicted molar refractivity (Wildman–Crippen MR) is 60.1 cm³/mol. The van der Waals surface area contributed by atoms with E-state index in [1.54, 1.807) is 0 Å². The monoisotopic (exact) mass is 237 g/mol. The molecule has 0 aliphatic heterocycles. The van der Waals surface area contributed by atoms with Gasteiger partial charge in [-0.05, 0) is 46.5 Å². The number of aromatic nitrogens is 1. The fourth-order valence-electron chi connectivity index (χ4n) is 1.63. The van der Waals surface area contributed by atoms with Crippen molar-refractivity contribution in [2.24, 2.45) is 0 Å². The molecule has 0 aliphatic carbocycles. The normalized spacial score (nSPS) is 11.0. The third kappa shape index (κ3) is 1.29. The number of H-pyrrole nitrogens is 1. The maximum Gasteiger partial charge on any atom is 0.0468 e. The van der Waals surface area contributed by atoms with Gasteiger partial charge in [0.15, 0.2) is 0 Å². The Kier molecular flexibility index (Phi) is 2.16. The van der Waals surface area contributed by atoms with Gasteiger partial charge in [-0.2, -0.15) is 0 Å². The minimum atomic E-state index is 1.07. The lowest BCUT2D eigenvalue weighted by Crippen LogP contribution is -1.80. The SMILES string of the molecule is CCc1c[nH]c2ccc(C)c(Br)c12. The van der Waals surface area contributed by atoms with Gasteiger partial charge in [0, 0.05) is 21.6 Å². The molecule has 1 nitrogen and oxygen atoms in total. The summed E-state index contributed by atoms with van der Waals surface area (Å²) in [4.78, 5) is 3.28. The van der Waals surface area contributed by atoms with Crippen molar-refractivity contribution < 1.29 is 0 Å². The maximum atomic E-state index is 3.63. The van der Waals surface area contributed by atoms with E-state index in [-0.39, 0.29) is 0 Å². The van der Waals surface area contributed by atoms with Crippen molar-refractivity contribution in [2.45, 2.75) is 20.3 Å². The zero-order chi connectivity index (χ0) is 9.42. The molecule has 1 aromatic heterocycles. The number of hydrogen-bond acceptors (Lipinski definition) is 0. The smallest absolute Gasteiger partial charge is 0.0468 e. The molecule has 1 N–H and O–H groups in total. The van der Waals surface area contributed by atoms with E-state index in [1.165, 1.54) is 26.5 Å². The number of hydrogen-bond donors (Lipinski definition) is 1. The van der Waals surface area contributed by atoms with E-state index in [1.807, 2.05) is 0 Å². The molecule has 0 atom stereocenters. The van der Waals surface area contributed by atoms with E-state index >= 15 is 0 Å². The number of aryl methyl sites for hydroxylation is 2. The Balaban J connectivity index is 2.85. The molecule has 0 amide bonds. The van der Waals surface area contributed by atoms with Gasteiger partial charge in [0.25, 0.3) is 0 Å². The molecule has 0 fully saturated rings. The van der Waals surface area contributed by atoms with Crippen molar-refractivity contribution >= 4 is 26.8 Å². The van der Waals surface area contributed by atoms with Gasteiger partial charge in [0.05, 0.1) is 0 Å². The predicted octanol–water partition coefficient (Wildman–Crippen LogP) is 3.80. The summed E-state index contributed by atoms with van der Waals surface area (Å²) in [7, 11) is 0. The Bertz CT molecular complexity index is 443. The summed E-state index contributed by atoms with van der Waals surface area (Å²) in [6.45, 7) is 4.30. The first-order chi connectivity index (χ1) is 6.24. The van der Waals surface area contributed by atoms with Crippen LogP contribution in [0.1, 0.15) is 18.1 Å². The van der Waals surface area contributed by atoms with Gasteiger partial charge >= 0.3 is 0 Å². The molecule has 0 bridgehead atoms. The molecule has 0 radical (unpaired) electrons. The maximum absolute atomic E-state index is 3.63. The van der Waals surface area contributed by atoms with Gasteiger partial charge in [-0.25, -0.2) is 0 Å². The van der Waals surface area contributed by atoms with Crippen LogP contribution in [0.5, 0.6) is 0 Å². The largest absolute Gasteiger partial charge is 0.361 e. The van der Waals surface area contributed by atoms with E-state index in [9.17, 15) is 0 Å². The molecule has 0 aliphatic rings. The van der Waals surface area contributed by atoms with E-state index in [4.69, 9.17) is 0 Å². The molecule has 2 heteroatoms. The summed E-state index contributed by atoms with van der Waals surface area (Å²) in [5.41, 5.74) is 3.89. The number of aromatic amines is 1. The summed E-state index contributed by atoms with van der Waals surface area (Å²) in [5.74, 6) is 0. The minimum absolute atomic E-state index is 1.07. The molecular weight excluding hydrogens is 226 g/mol. The molecule has 2 aromatic rings. The second-order valence-corrected chi connectivity index (χ2v) is 4.08. The molecular formula is C11H12BrN. The number of halogens is 1. The van der Waals surface area contributed by atoms with E-state index in [0.29, 0.717) is 0 Å². The second-order valence-electron chi connectivity index (χ2n) is 3.29. The molecule has 13 heavy (non-hydrogen) atoms. The van der Waals surface area contributed by atoms with E-state index < -0.39 is 0 Å². The van der Waals surface area contributed by atoms with Gasteiger partial charge in [0.1, 0.15) is 0 Å². The molecule has 1 heterocycles. The van der Waals surface area contributed by atoms with E-state index in [2.05, 4.69) is 53.1 Å². The third-order valence-electron chi connectivity index (χ3n) is 2.44. The van der Waals surface area contributed by atoms with Crippen molar-refractivity contribution in [3.63, 3.8) is 0 Å². The Morgan fingerprint density at radius 2 is 2.15 bits per heavy atom. The summed E-state index contributed by atoms with van der Waals surface area (Å²) in [6.07, 6.45) is 3.16. The lowest BCUT2D eigenvalue weighted by Gasteiger charge is -2.01. The number of nitrogens with one attached hydrogen (secondary N) is 1. The topological polar surface area (TPSA) is 15.8 Å². The van der Waals surface area contributed by atoms with Gasteiger partial charge in [-0.1, -0.05) is 13.0 Å². The van der Waals surface area contributed by atoms with E-state index in [0.717, 1.165) is 6.42 Å². The van der Waals surface area contributed by atoms with Crippen molar-refractivity contribution in [2.75, 3.05) is 0 Å². The van der Waals surface area contributed by atoms with Crippen LogP contribution in [0.25, 0.3) is 10.9 Å². The lowest BCUT2D eigenvalue weighted by atomic mass is 10.1. The average molecular weight is 238 g/mol. The van der Waals surface area contributed by atoms with Crippen molar-refractivity contribution in [3.05, 3.63) is 33.9 Å². The highest BCUT2D eigenvalue weighted by Crippen LogP contribution is 2.30. The van der Waals surface area contributed by atoms with Crippen LogP contribution in [0, 0.1) is 6.92 Å². The highest BCUT2D eigenvalue weighted by Gasteiger charge is 2.06. The number of fused-ring (bicyclic) bond motifs is 1. The number of rotatable bonds is 1. The van der Waals surface area contributed by atoms with Gasteiger partial charge in [-0.15, -0.1) is 0 Å². The van der Waals surface area contributed by atoms with Crippen LogP contribution in [0.15, 0.2) is 22.8 Å². The molecule has 0 saturated carbocycles. The van der Waals surface area contributed by atoms with Gasteiger partial charge in [0.2, 0.25) is 0 Å². The zero-order valence-corrected chi connectivity index (χ0v) is 9.40. The highest BCUT2D eigenvalue weighted by molar-refractivity contribution is 9.10. The fourth-order valence-corrected chi connectivity index (χ4v) is 2.23. The van der Waals surface area contributed by atoms with Crippen LogP contribution >= 0.6 is 15.9 Å². The Morgan fingerprint density at radius 3 is 2.85 bits per heavy atom. The molecule has 0 unspecified atom stereocenters. The molecule has 0 saturated heterocycles. The molecule has 0 spiro atoms. The van der Waals surface area contributed by atoms with Crippen LogP contribution in [0.3, 0.4) is 0 Å². The first-order valence-electron chi connectivity index (χ1n) is 4.49. The molecule has 2 rings (SSSR count). The fraction of sp³-hybridized carbons (Fsp3) is 0.273. The first-order valence-corrected chi connectivity index (χ1v) is 5.28. The quantitative estimate of drug-likeness (QED) is 0.777. The van der Waals surface area contributed by atoms with Crippen LogP contribution < -0.4 is 0 Å². The molecule has 68 valence electrons. The van der Waals surface area contributed by atoms with Crippen LogP contribution in [0.2, 0.25) is 0 Å². The van der Waals surface area contributed by atoms with Crippen LogP contribution in [-0.2, 0) is 6.42 Å². The Hall–Kier alpha value is -0.760. The van der Waals surface area contributed by atoms with Crippen molar-refractivity contribution in [1.29, 1.82) is 0 Å². The van der Waals surface area contributed by atoms with Gasteiger partial charge in [-0.3, -0.25) is 0 Å². The van der Waals surface area contributed by atoms with Crippen molar-refractivity contribution in [1.82, 2.24) is 4.98 Å². The van der Waals surface area contributed by atoms with Gasteiger partial charge < -0.3 is 4.98 Å². The second kappa shape index (κ2) is 3.18. The standard InChI is InChI=1S/C11H12BrN/c1-3-8-6-13-9-5-4-7(2)11(12)10(8)9/h4-6,13H,3H2,1-2H3. The summed E-state index contributed by atoms with van der Waals surface area (Å²) in [6, 6.07) is 4.26. The minimum Gasteiger partial charge on any atom is -0.361 e. The summed E-state index contributed by atoms with van der Waals surface area (Å²) in [5, 5.41) is 1.34. The third-order valence-corrected chi connectivity index (χ3v) is 3.46.